The molecule has 0 radical (unpaired) electrons. The molecule has 1 heterocycles. The molecule has 2 aliphatic rings. The number of rotatable bonds is 5. The molecule has 0 aromatic carbocycles. The van der Waals surface area contributed by atoms with Crippen LogP contribution < -0.4 is 11.1 Å². The molecule has 1 saturated carbocycles. The van der Waals surface area contributed by atoms with E-state index in [1.807, 2.05) is 0 Å². The first-order chi connectivity index (χ1) is 8.74. The molecule has 1 saturated heterocycles. The molecule has 0 aromatic rings. The average molecular weight is 253 g/mol. The predicted octanol–water partition coefficient (Wildman–Crippen LogP) is 2.04. The Labute approximate surface area is 110 Å². The fourth-order valence-corrected chi connectivity index (χ4v) is 3.08. The van der Waals surface area contributed by atoms with E-state index in [-0.39, 0.29) is 0 Å². The standard InChI is InChI=1S/C14H27N3O/c1-2-14(7-3-4-8-14)11-17-13(15)16-10-12-6-5-9-18-12/h12H,2-11H2,1H3,(H3,15,16,17). The van der Waals surface area contributed by atoms with Gasteiger partial charge >= 0.3 is 0 Å². The Kier molecular flexibility index (Phi) is 4.87. The SMILES string of the molecule is CCC1(CN=C(N)NCC2CCCO2)CCCC1. The molecule has 4 heteroatoms. The van der Waals surface area contributed by atoms with Crippen molar-refractivity contribution in [3.8, 4) is 0 Å². The number of hydrogen-bond donors (Lipinski definition) is 2. The van der Waals surface area contributed by atoms with Crippen LogP contribution in [0.3, 0.4) is 0 Å². The summed E-state index contributed by atoms with van der Waals surface area (Å²) in [6, 6.07) is 0. The third-order valence-corrected chi connectivity index (χ3v) is 4.53. The monoisotopic (exact) mass is 253 g/mol. The zero-order valence-electron chi connectivity index (χ0n) is 11.6. The third kappa shape index (κ3) is 3.61. The highest BCUT2D eigenvalue weighted by atomic mass is 16.5. The Morgan fingerprint density at radius 3 is 2.78 bits per heavy atom. The molecular formula is C14H27N3O. The minimum absolute atomic E-state index is 0.324. The molecule has 1 aliphatic heterocycles. The summed E-state index contributed by atoms with van der Waals surface area (Å²) in [6.07, 6.45) is 9.18. The van der Waals surface area contributed by atoms with Crippen LogP contribution in [0.25, 0.3) is 0 Å². The molecule has 1 unspecified atom stereocenters. The van der Waals surface area contributed by atoms with Crippen molar-refractivity contribution in [2.75, 3.05) is 19.7 Å². The van der Waals surface area contributed by atoms with E-state index in [1.165, 1.54) is 38.5 Å². The molecule has 0 aromatic heterocycles. The van der Waals surface area contributed by atoms with Crippen molar-refractivity contribution in [1.29, 1.82) is 0 Å². The second kappa shape index (κ2) is 6.41. The van der Waals surface area contributed by atoms with Crippen molar-refractivity contribution in [2.24, 2.45) is 16.1 Å². The number of nitrogens with two attached hydrogens (primary N) is 1. The van der Waals surface area contributed by atoms with Gasteiger partial charge in [0.25, 0.3) is 0 Å². The summed E-state index contributed by atoms with van der Waals surface area (Å²) in [5.74, 6) is 0.588. The third-order valence-electron chi connectivity index (χ3n) is 4.53. The molecule has 2 fully saturated rings. The summed E-state index contributed by atoms with van der Waals surface area (Å²) in [4.78, 5) is 4.54. The van der Waals surface area contributed by atoms with E-state index < -0.39 is 0 Å². The van der Waals surface area contributed by atoms with E-state index in [2.05, 4.69) is 17.2 Å². The van der Waals surface area contributed by atoms with Gasteiger partial charge < -0.3 is 15.8 Å². The highest BCUT2D eigenvalue weighted by Gasteiger charge is 2.31. The lowest BCUT2D eigenvalue weighted by molar-refractivity contribution is 0.114. The number of aliphatic imine (C=N–C) groups is 1. The number of nitrogens with one attached hydrogen (secondary N) is 1. The molecule has 0 bridgehead atoms. The lowest BCUT2D eigenvalue weighted by atomic mass is 9.84. The highest BCUT2D eigenvalue weighted by Crippen LogP contribution is 2.41. The smallest absolute Gasteiger partial charge is 0.188 e. The van der Waals surface area contributed by atoms with Crippen LogP contribution in [0.5, 0.6) is 0 Å². The topological polar surface area (TPSA) is 59.6 Å². The molecule has 3 N–H and O–H groups in total. The molecule has 2 rings (SSSR count). The molecule has 104 valence electrons. The normalized spacial score (nSPS) is 27.6. The molecule has 1 aliphatic carbocycles. The number of hydrogen-bond acceptors (Lipinski definition) is 2. The maximum atomic E-state index is 5.93. The second-order valence-corrected chi connectivity index (χ2v) is 5.78. The van der Waals surface area contributed by atoms with Crippen LogP contribution in [-0.2, 0) is 4.74 Å². The van der Waals surface area contributed by atoms with Gasteiger partial charge in [-0.2, -0.15) is 0 Å². The van der Waals surface area contributed by atoms with Crippen LogP contribution in [0.2, 0.25) is 0 Å². The number of ether oxygens (including phenoxy) is 1. The first-order valence-electron chi connectivity index (χ1n) is 7.39. The fraction of sp³-hybridized carbons (Fsp3) is 0.929. The molecule has 4 nitrogen and oxygen atoms in total. The second-order valence-electron chi connectivity index (χ2n) is 5.78. The van der Waals surface area contributed by atoms with Crippen molar-refractivity contribution in [3.63, 3.8) is 0 Å². The first kappa shape index (κ1) is 13.7. The molecule has 0 spiro atoms. The zero-order chi connectivity index (χ0) is 12.8. The van der Waals surface area contributed by atoms with E-state index in [4.69, 9.17) is 10.5 Å². The van der Waals surface area contributed by atoms with Gasteiger partial charge in [-0.3, -0.25) is 4.99 Å². The minimum Gasteiger partial charge on any atom is -0.376 e. The van der Waals surface area contributed by atoms with Crippen molar-refractivity contribution in [1.82, 2.24) is 5.32 Å². The van der Waals surface area contributed by atoms with Crippen LogP contribution in [-0.4, -0.2) is 31.8 Å². The first-order valence-corrected chi connectivity index (χ1v) is 7.39. The van der Waals surface area contributed by atoms with Crippen LogP contribution in [0, 0.1) is 5.41 Å². The lowest BCUT2D eigenvalue weighted by Gasteiger charge is -2.25. The van der Waals surface area contributed by atoms with Gasteiger partial charge in [0.2, 0.25) is 0 Å². The zero-order valence-corrected chi connectivity index (χ0v) is 11.6. The quantitative estimate of drug-likeness (QED) is 0.582. The minimum atomic E-state index is 0.324. The predicted molar refractivity (Wildman–Crippen MR) is 74.7 cm³/mol. The van der Waals surface area contributed by atoms with Crippen molar-refractivity contribution >= 4 is 5.96 Å². The Balaban J connectivity index is 1.73. The van der Waals surface area contributed by atoms with Gasteiger partial charge in [0.05, 0.1) is 6.10 Å². The molecule has 18 heavy (non-hydrogen) atoms. The number of nitrogens with zero attached hydrogens (tertiary/aromatic N) is 1. The summed E-state index contributed by atoms with van der Waals surface area (Å²) in [5.41, 5.74) is 6.35. The van der Waals surface area contributed by atoms with Crippen molar-refractivity contribution in [2.45, 2.75) is 58.0 Å². The van der Waals surface area contributed by atoms with Crippen LogP contribution in [0.1, 0.15) is 51.9 Å². The average Bonchev–Trinajstić information content (AvgIpc) is 3.06. The Hall–Kier alpha value is -0.770. The van der Waals surface area contributed by atoms with Gasteiger partial charge in [-0.05, 0) is 37.5 Å². The van der Waals surface area contributed by atoms with Crippen LogP contribution in [0.15, 0.2) is 4.99 Å². The van der Waals surface area contributed by atoms with Gasteiger partial charge in [-0.25, -0.2) is 0 Å². The van der Waals surface area contributed by atoms with E-state index in [9.17, 15) is 0 Å². The van der Waals surface area contributed by atoms with Gasteiger partial charge in [-0.1, -0.05) is 19.8 Å². The largest absolute Gasteiger partial charge is 0.376 e. The summed E-state index contributed by atoms with van der Waals surface area (Å²) in [7, 11) is 0. The van der Waals surface area contributed by atoms with Gasteiger partial charge in [0.1, 0.15) is 0 Å². The fourth-order valence-electron chi connectivity index (χ4n) is 3.08. The van der Waals surface area contributed by atoms with Gasteiger partial charge in [-0.15, -0.1) is 0 Å². The Bertz CT molecular complexity index is 279. The summed E-state index contributed by atoms with van der Waals surface area (Å²) in [6.45, 7) is 4.85. The summed E-state index contributed by atoms with van der Waals surface area (Å²) >= 11 is 0. The van der Waals surface area contributed by atoms with Crippen molar-refractivity contribution in [3.05, 3.63) is 0 Å². The van der Waals surface area contributed by atoms with E-state index in [1.54, 1.807) is 0 Å². The van der Waals surface area contributed by atoms with Crippen molar-refractivity contribution < 1.29 is 4.74 Å². The lowest BCUT2D eigenvalue weighted by Crippen LogP contribution is -2.38. The molecule has 1 atom stereocenters. The maximum Gasteiger partial charge on any atom is 0.188 e. The summed E-state index contributed by atoms with van der Waals surface area (Å²) < 4.78 is 5.55. The van der Waals surface area contributed by atoms with Crippen LogP contribution >= 0.6 is 0 Å². The van der Waals surface area contributed by atoms with E-state index in [0.717, 1.165) is 26.1 Å². The molecular weight excluding hydrogens is 226 g/mol. The Morgan fingerprint density at radius 1 is 1.39 bits per heavy atom. The number of guanidine groups is 1. The summed E-state index contributed by atoms with van der Waals surface area (Å²) in [5, 5.41) is 3.19. The van der Waals surface area contributed by atoms with E-state index >= 15 is 0 Å². The maximum absolute atomic E-state index is 5.93. The highest BCUT2D eigenvalue weighted by molar-refractivity contribution is 5.77. The Morgan fingerprint density at radius 2 is 2.17 bits per heavy atom. The van der Waals surface area contributed by atoms with E-state index in [0.29, 0.717) is 17.5 Å². The molecule has 0 amide bonds. The van der Waals surface area contributed by atoms with Gasteiger partial charge in [0.15, 0.2) is 5.96 Å². The van der Waals surface area contributed by atoms with Crippen LogP contribution in [0.4, 0.5) is 0 Å². The van der Waals surface area contributed by atoms with Gasteiger partial charge in [0, 0.05) is 19.7 Å².